The van der Waals surface area contributed by atoms with Gasteiger partial charge in [-0.1, -0.05) is 0 Å². The second-order valence-electron chi connectivity index (χ2n) is 2.48. The lowest BCUT2D eigenvalue weighted by Crippen LogP contribution is -2.45. The zero-order chi connectivity index (χ0) is 8.55. The number of aliphatic carboxylic acids is 1. The van der Waals surface area contributed by atoms with E-state index in [0.717, 1.165) is 6.54 Å². The van der Waals surface area contributed by atoms with Crippen molar-refractivity contribution in [3.05, 3.63) is 11.9 Å². The van der Waals surface area contributed by atoms with Crippen LogP contribution in [0.25, 0.3) is 0 Å². The molecule has 6 nitrogen and oxygen atoms in total. The number of rotatable bonds is 1. The van der Waals surface area contributed by atoms with Crippen molar-refractivity contribution in [3.63, 3.8) is 0 Å². The van der Waals surface area contributed by atoms with Crippen molar-refractivity contribution in [2.24, 2.45) is 4.99 Å². The smallest absolute Gasteiger partial charge is 0.373 e. The third kappa shape index (κ3) is 1.02. The minimum Gasteiger partial charge on any atom is -0.475 e. The predicted molar refractivity (Wildman–Crippen MR) is 41.0 cm³/mol. The Balaban J connectivity index is 2.21. The van der Waals surface area contributed by atoms with Gasteiger partial charge in [-0.05, 0) is 6.08 Å². The molecule has 2 aliphatic heterocycles. The van der Waals surface area contributed by atoms with Crippen LogP contribution in [0.5, 0.6) is 0 Å². The van der Waals surface area contributed by atoms with Crippen molar-refractivity contribution in [1.82, 2.24) is 15.8 Å². The van der Waals surface area contributed by atoms with Crippen LogP contribution < -0.4 is 10.7 Å². The normalized spacial score (nSPS) is 20.8. The van der Waals surface area contributed by atoms with E-state index in [4.69, 9.17) is 5.11 Å². The Hall–Kier alpha value is -1.56. The van der Waals surface area contributed by atoms with Gasteiger partial charge in [-0.3, -0.25) is 15.8 Å². The van der Waals surface area contributed by atoms with E-state index >= 15 is 0 Å². The van der Waals surface area contributed by atoms with Gasteiger partial charge in [0, 0.05) is 6.54 Å². The lowest BCUT2D eigenvalue weighted by Gasteiger charge is -2.22. The predicted octanol–water partition coefficient (Wildman–Crippen LogP) is -1.31. The molecule has 64 valence electrons. The van der Waals surface area contributed by atoms with E-state index in [1.807, 2.05) is 6.08 Å². The molecular formula is C6H8N4O2. The van der Waals surface area contributed by atoms with Crippen molar-refractivity contribution in [3.8, 4) is 0 Å². The van der Waals surface area contributed by atoms with Crippen molar-refractivity contribution < 1.29 is 9.90 Å². The van der Waals surface area contributed by atoms with Gasteiger partial charge in [-0.25, -0.2) is 9.79 Å². The summed E-state index contributed by atoms with van der Waals surface area (Å²) in [5.74, 6) is -0.388. The van der Waals surface area contributed by atoms with E-state index in [1.54, 1.807) is 5.01 Å². The Morgan fingerprint density at radius 3 is 3.25 bits per heavy atom. The highest BCUT2D eigenvalue weighted by Gasteiger charge is 2.24. The molecule has 0 aromatic carbocycles. The van der Waals surface area contributed by atoms with E-state index < -0.39 is 5.97 Å². The van der Waals surface area contributed by atoms with E-state index in [-0.39, 0.29) is 5.84 Å². The first-order chi connectivity index (χ1) is 5.77. The zero-order valence-electron chi connectivity index (χ0n) is 6.24. The second kappa shape index (κ2) is 2.49. The Labute approximate surface area is 68.5 Å². The maximum absolute atomic E-state index is 10.5. The highest BCUT2D eigenvalue weighted by atomic mass is 16.4. The summed E-state index contributed by atoms with van der Waals surface area (Å²) in [4.78, 5) is 14.3. The van der Waals surface area contributed by atoms with Crippen molar-refractivity contribution in [2.75, 3.05) is 13.2 Å². The third-order valence-corrected chi connectivity index (χ3v) is 1.65. The number of amidine groups is 1. The number of carboxylic acids is 1. The van der Waals surface area contributed by atoms with Crippen LogP contribution in [0, 0.1) is 0 Å². The van der Waals surface area contributed by atoms with E-state index in [0.29, 0.717) is 12.5 Å². The molecule has 2 heterocycles. The van der Waals surface area contributed by atoms with Gasteiger partial charge in [-0.15, -0.1) is 0 Å². The lowest BCUT2D eigenvalue weighted by molar-refractivity contribution is -0.129. The van der Waals surface area contributed by atoms with E-state index in [2.05, 4.69) is 15.7 Å². The highest BCUT2D eigenvalue weighted by Crippen LogP contribution is 2.10. The highest BCUT2D eigenvalue weighted by molar-refractivity contribution is 6.35. The van der Waals surface area contributed by atoms with Gasteiger partial charge in [-0.2, -0.15) is 0 Å². The van der Waals surface area contributed by atoms with Crippen molar-refractivity contribution in [1.29, 1.82) is 0 Å². The summed E-state index contributed by atoms with van der Waals surface area (Å²) in [5, 5.41) is 13.3. The molecule has 0 aliphatic carbocycles. The molecule has 0 saturated carbocycles. The molecule has 0 aromatic heterocycles. The molecule has 6 heteroatoms. The molecule has 0 spiro atoms. The molecule has 0 radical (unpaired) electrons. The molecule has 2 rings (SSSR count). The fraction of sp³-hybridized carbons (Fsp3) is 0.333. The summed E-state index contributed by atoms with van der Waals surface area (Å²) >= 11 is 0. The average Bonchev–Trinajstić information content (AvgIpc) is 2.46. The number of fused-ring (bicyclic) bond motifs is 1. The molecule has 0 unspecified atom stereocenters. The summed E-state index contributed by atoms with van der Waals surface area (Å²) in [6.07, 6.45) is 1.83. The molecule has 0 amide bonds. The average molecular weight is 168 g/mol. The van der Waals surface area contributed by atoms with Gasteiger partial charge in [0.05, 0.1) is 6.67 Å². The van der Waals surface area contributed by atoms with E-state index in [9.17, 15) is 4.79 Å². The number of hydrogen-bond acceptors (Lipinski definition) is 5. The molecule has 0 atom stereocenters. The van der Waals surface area contributed by atoms with E-state index in [1.165, 1.54) is 0 Å². The number of aliphatic imine (C=N–C) groups is 1. The van der Waals surface area contributed by atoms with Crippen LogP contribution in [0.1, 0.15) is 0 Å². The van der Waals surface area contributed by atoms with Gasteiger partial charge >= 0.3 is 5.97 Å². The molecular weight excluding hydrogens is 160 g/mol. The standard InChI is InChI=1S/C6H8N4O2/c11-6(12)5-8-4-1-2-7-3-10(4)9-5/h1,7H,2-3H2,(H,8,9)(H,11,12). The van der Waals surface area contributed by atoms with Gasteiger partial charge in [0.1, 0.15) is 5.82 Å². The molecule has 3 N–H and O–H groups in total. The maximum Gasteiger partial charge on any atom is 0.373 e. The number of hydrazine groups is 1. The van der Waals surface area contributed by atoms with Crippen LogP contribution in [-0.2, 0) is 4.79 Å². The Morgan fingerprint density at radius 1 is 1.75 bits per heavy atom. The van der Waals surface area contributed by atoms with Crippen LogP contribution in [0.3, 0.4) is 0 Å². The van der Waals surface area contributed by atoms with Crippen LogP contribution in [0.15, 0.2) is 16.9 Å². The Morgan fingerprint density at radius 2 is 2.58 bits per heavy atom. The summed E-state index contributed by atoms with van der Waals surface area (Å²) in [6, 6.07) is 0. The van der Waals surface area contributed by atoms with Crippen LogP contribution in [-0.4, -0.2) is 35.1 Å². The summed E-state index contributed by atoms with van der Waals surface area (Å²) in [7, 11) is 0. The Bertz CT molecular complexity index is 283. The number of nitrogens with one attached hydrogen (secondary N) is 2. The van der Waals surface area contributed by atoms with Gasteiger partial charge in [0.15, 0.2) is 0 Å². The second-order valence-corrected chi connectivity index (χ2v) is 2.48. The molecule has 0 saturated heterocycles. The SMILES string of the molecule is O=C(O)C1=NC2=CCNCN2N1. The fourth-order valence-electron chi connectivity index (χ4n) is 1.10. The molecule has 0 bridgehead atoms. The summed E-state index contributed by atoms with van der Waals surface area (Å²) in [6.45, 7) is 1.30. The van der Waals surface area contributed by atoms with Crippen molar-refractivity contribution >= 4 is 11.8 Å². The molecule has 2 aliphatic rings. The number of hydrogen-bond donors (Lipinski definition) is 3. The lowest BCUT2D eigenvalue weighted by atomic mass is 10.5. The minimum absolute atomic E-state index is 0.0232. The number of carboxylic acid groups (broad SMARTS) is 1. The van der Waals surface area contributed by atoms with Crippen LogP contribution >= 0.6 is 0 Å². The number of carbonyl (C=O) groups is 1. The number of nitrogens with zero attached hydrogens (tertiary/aromatic N) is 2. The summed E-state index contributed by atoms with van der Waals surface area (Å²) < 4.78 is 0. The first-order valence-corrected chi connectivity index (χ1v) is 3.54. The monoisotopic (exact) mass is 168 g/mol. The first kappa shape index (κ1) is 7.11. The summed E-state index contributed by atoms with van der Waals surface area (Å²) in [5.41, 5.74) is 2.65. The quantitative estimate of drug-likeness (QED) is 0.453. The van der Waals surface area contributed by atoms with Crippen molar-refractivity contribution in [2.45, 2.75) is 0 Å². The maximum atomic E-state index is 10.5. The minimum atomic E-state index is -1.04. The van der Waals surface area contributed by atoms with Crippen LogP contribution in [0.2, 0.25) is 0 Å². The first-order valence-electron chi connectivity index (χ1n) is 3.54. The fourth-order valence-corrected chi connectivity index (χ4v) is 1.10. The van der Waals surface area contributed by atoms with Gasteiger partial charge < -0.3 is 5.11 Å². The molecule has 12 heavy (non-hydrogen) atoms. The largest absolute Gasteiger partial charge is 0.475 e. The van der Waals surface area contributed by atoms with Crippen LogP contribution in [0.4, 0.5) is 0 Å². The zero-order valence-corrected chi connectivity index (χ0v) is 6.24. The van der Waals surface area contributed by atoms with Gasteiger partial charge in [0.25, 0.3) is 0 Å². The molecule has 0 fully saturated rings. The topological polar surface area (TPSA) is 77.0 Å². The Kier molecular flexibility index (Phi) is 1.47. The molecule has 0 aromatic rings. The third-order valence-electron chi connectivity index (χ3n) is 1.65. The van der Waals surface area contributed by atoms with Gasteiger partial charge in [0.2, 0.25) is 5.84 Å².